The Labute approximate surface area is 114 Å². The van der Waals surface area contributed by atoms with E-state index in [9.17, 15) is 0 Å². The van der Waals surface area contributed by atoms with E-state index < -0.39 is 0 Å². The minimum absolute atomic E-state index is 0.594. The van der Waals surface area contributed by atoms with Crippen molar-refractivity contribution in [2.45, 2.75) is 84.6 Å². The molecule has 3 atom stereocenters. The zero-order chi connectivity index (χ0) is 13.0. The summed E-state index contributed by atoms with van der Waals surface area (Å²) >= 11 is 0. The standard InChI is InChI=1S/C17H33N/c1-4-14-9-8-10-15(13-14)16(18-5-2)17(3)11-6-7-12-17/h14-16,18H,4-13H2,1-3H3. The molecule has 0 bridgehead atoms. The van der Waals surface area contributed by atoms with Gasteiger partial charge in [0.05, 0.1) is 0 Å². The summed E-state index contributed by atoms with van der Waals surface area (Å²) in [5.41, 5.74) is 0.594. The van der Waals surface area contributed by atoms with E-state index >= 15 is 0 Å². The van der Waals surface area contributed by atoms with Crippen molar-refractivity contribution in [1.29, 1.82) is 0 Å². The molecule has 0 saturated heterocycles. The van der Waals surface area contributed by atoms with E-state index in [4.69, 9.17) is 0 Å². The van der Waals surface area contributed by atoms with Gasteiger partial charge in [-0.2, -0.15) is 0 Å². The Kier molecular flexibility index (Phi) is 5.12. The van der Waals surface area contributed by atoms with Crippen molar-refractivity contribution in [1.82, 2.24) is 5.32 Å². The second-order valence-electron chi connectivity index (χ2n) is 7.10. The first-order valence-corrected chi connectivity index (χ1v) is 8.43. The molecule has 2 saturated carbocycles. The highest BCUT2D eigenvalue weighted by Gasteiger charge is 2.41. The summed E-state index contributed by atoms with van der Waals surface area (Å²) in [6.45, 7) is 8.37. The topological polar surface area (TPSA) is 12.0 Å². The van der Waals surface area contributed by atoms with Crippen LogP contribution in [0.3, 0.4) is 0 Å². The van der Waals surface area contributed by atoms with E-state index in [-0.39, 0.29) is 0 Å². The fourth-order valence-corrected chi connectivity index (χ4v) is 4.70. The summed E-state index contributed by atoms with van der Waals surface area (Å²) in [4.78, 5) is 0. The average Bonchev–Trinajstić information content (AvgIpc) is 2.84. The summed E-state index contributed by atoms with van der Waals surface area (Å²) in [5, 5.41) is 3.88. The Morgan fingerprint density at radius 2 is 1.83 bits per heavy atom. The maximum atomic E-state index is 3.88. The van der Waals surface area contributed by atoms with Crippen LogP contribution in [0.4, 0.5) is 0 Å². The summed E-state index contributed by atoms with van der Waals surface area (Å²) < 4.78 is 0. The molecule has 2 aliphatic carbocycles. The van der Waals surface area contributed by atoms with Crippen molar-refractivity contribution in [2.24, 2.45) is 17.3 Å². The Hall–Kier alpha value is -0.0400. The third kappa shape index (κ3) is 3.10. The Morgan fingerprint density at radius 3 is 2.44 bits per heavy atom. The summed E-state index contributed by atoms with van der Waals surface area (Å²) in [6, 6.07) is 0.791. The smallest absolute Gasteiger partial charge is 0.0149 e. The van der Waals surface area contributed by atoms with Gasteiger partial charge in [-0.15, -0.1) is 0 Å². The van der Waals surface area contributed by atoms with E-state index in [2.05, 4.69) is 26.1 Å². The van der Waals surface area contributed by atoms with Crippen molar-refractivity contribution in [2.75, 3.05) is 6.54 Å². The third-order valence-corrected chi connectivity index (χ3v) is 5.79. The fraction of sp³-hybridized carbons (Fsp3) is 1.00. The molecule has 0 heterocycles. The van der Waals surface area contributed by atoms with Gasteiger partial charge < -0.3 is 5.32 Å². The van der Waals surface area contributed by atoms with Crippen molar-refractivity contribution in [3.8, 4) is 0 Å². The molecule has 2 rings (SSSR count). The van der Waals surface area contributed by atoms with Crippen LogP contribution < -0.4 is 5.32 Å². The molecular formula is C17H33N. The van der Waals surface area contributed by atoms with Gasteiger partial charge in [-0.05, 0) is 49.5 Å². The lowest BCUT2D eigenvalue weighted by Crippen LogP contribution is -2.48. The molecule has 0 aromatic rings. The van der Waals surface area contributed by atoms with Gasteiger partial charge in [-0.25, -0.2) is 0 Å². The van der Waals surface area contributed by atoms with E-state index in [1.807, 2.05) is 0 Å². The van der Waals surface area contributed by atoms with Gasteiger partial charge in [0, 0.05) is 6.04 Å². The predicted molar refractivity (Wildman–Crippen MR) is 79.8 cm³/mol. The van der Waals surface area contributed by atoms with E-state index in [1.54, 1.807) is 0 Å². The van der Waals surface area contributed by atoms with Gasteiger partial charge in [0.2, 0.25) is 0 Å². The second-order valence-corrected chi connectivity index (χ2v) is 7.10. The minimum Gasteiger partial charge on any atom is -0.313 e. The first kappa shape index (κ1) is 14.4. The van der Waals surface area contributed by atoms with Gasteiger partial charge >= 0.3 is 0 Å². The van der Waals surface area contributed by atoms with Crippen LogP contribution >= 0.6 is 0 Å². The highest BCUT2D eigenvalue weighted by Crippen LogP contribution is 2.46. The first-order valence-electron chi connectivity index (χ1n) is 8.43. The zero-order valence-corrected chi connectivity index (χ0v) is 12.8. The summed E-state index contributed by atoms with van der Waals surface area (Å²) in [5.74, 6) is 1.96. The van der Waals surface area contributed by atoms with Gasteiger partial charge in [0.15, 0.2) is 0 Å². The van der Waals surface area contributed by atoms with E-state index in [1.165, 1.54) is 57.8 Å². The third-order valence-electron chi connectivity index (χ3n) is 5.79. The predicted octanol–water partition coefficient (Wildman–Crippen LogP) is 4.76. The van der Waals surface area contributed by atoms with Crippen LogP contribution in [0.5, 0.6) is 0 Å². The van der Waals surface area contributed by atoms with Crippen LogP contribution in [0.15, 0.2) is 0 Å². The number of hydrogen-bond acceptors (Lipinski definition) is 1. The van der Waals surface area contributed by atoms with Crippen molar-refractivity contribution >= 4 is 0 Å². The van der Waals surface area contributed by atoms with Crippen LogP contribution in [-0.4, -0.2) is 12.6 Å². The monoisotopic (exact) mass is 251 g/mol. The number of rotatable bonds is 5. The minimum atomic E-state index is 0.594. The molecule has 1 heteroatoms. The van der Waals surface area contributed by atoms with Gasteiger partial charge in [0.1, 0.15) is 0 Å². The molecular weight excluding hydrogens is 218 g/mol. The molecule has 1 nitrogen and oxygen atoms in total. The lowest BCUT2D eigenvalue weighted by molar-refractivity contribution is 0.111. The van der Waals surface area contributed by atoms with Crippen LogP contribution in [0.25, 0.3) is 0 Å². The molecule has 0 aromatic carbocycles. The van der Waals surface area contributed by atoms with Crippen LogP contribution in [0, 0.1) is 17.3 Å². The quantitative estimate of drug-likeness (QED) is 0.743. The van der Waals surface area contributed by atoms with Crippen molar-refractivity contribution in [3.63, 3.8) is 0 Å². The largest absolute Gasteiger partial charge is 0.313 e. The molecule has 0 aromatic heterocycles. The van der Waals surface area contributed by atoms with Crippen molar-refractivity contribution < 1.29 is 0 Å². The Bertz CT molecular complexity index is 242. The summed E-state index contributed by atoms with van der Waals surface area (Å²) in [6.07, 6.45) is 13.2. The molecule has 106 valence electrons. The fourth-order valence-electron chi connectivity index (χ4n) is 4.70. The molecule has 2 fully saturated rings. The van der Waals surface area contributed by atoms with Crippen LogP contribution in [-0.2, 0) is 0 Å². The molecule has 0 amide bonds. The molecule has 18 heavy (non-hydrogen) atoms. The summed E-state index contributed by atoms with van der Waals surface area (Å²) in [7, 11) is 0. The average molecular weight is 251 g/mol. The molecule has 0 aliphatic heterocycles. The highest BCUT2D eigenvalue weighted by atomic mass is 14.9. The van der Waals surface area contributed by atoms with E-state index in [0.717, 1.165) is 24.4 Å². The zero-order valence-electron chi connectivity index (χ0n) is 12.8. The molecule has 0 spiro atoms. The number of hydrogen-bond donors (Lipinski definition) is 1. The Balaban J connectivity index is 2.04. The lowest BCUT2D eigenvalue weighted by Gasteiger charge is -2.43. The van der Waals surface area contributed by atoms with Crippen molar-refractivity contribution in [3.05, 3.63) is 0 Å². The normalized spacial score (nSPS) is 33.5. The van der Waals surface area contributed by atoms with E-state index in [0.29, 0.717) is 5.41 Å². The molecule has 0 radical (unpaired) electrons. The lowest BCUT2D eigenvalue weighted by atomic mass is 9.67. The first-order chi connectivity index (χ1) is 8.69. The Morgan fingerprint density at radius 1 is 1.11 bits per heavy atom. The molecule has 3 unspecified atom stereocenters. The van der Waals surface area contributed by atoms with Gasteiger partial charge in [0.25, 0.3) is 0 Å². The highest BCUT2D eigenvalue weighted by molar-refractivity contribution is 4.96. The maximum Gasteiger partial charge on any atom is 0.0149 e. The molecule has 1 N–H and O–H groups in total. The SMILES string of the molecule is CCNC(C1CCCC(CC)C1)C1(C)CCCC1. The number of nitrogens with one attached hydrogen (secondary N) is 1. The van der Waals surface area contributed by atoms with Crippen LogP contribution in [0.1, 0.15) is 78.6 Å². The van der Waals surface area contributed by atoms with Crippen LogP contribution in [0.2, 0.25) is 0 Å². The maximum absolute atomic E-state index is 3.88. The molecule has 2 aliphatic rings. The second kappa shape index (κ2) is 6.41. The van der Waals surface area contributed by atoms with Gasteiger partial charge in [-0.1, -0.05) is 52.9 Å². The van der Waals surface area contributed by atoms with Gasteiger partial charge in [-0.3, -0.25) is 0 Å².